The van der Waals surface area contributed by atoms with Gasteiger partial charge in [-0.05, 0) is 39.0 Å². The normalized spacial score (nSPS) is 11.8. The predicted octanol–water partition coefficient (Wildman–Crippen LogP) is 2.05. The molecular weight excluding hydrogens is 248 g/mol. The largest absolute Gasteiger partial charge is 0.389 e. The summed E-state index contributed by atoms with van der Waals surface area (Å²) >= 11 is 1.63. The van der Waals surface area contributed by atoms with Crippen LogP contribution in [0.2, 0.25) is 0 Å². The quantitative estimate of drug-likeness (QED) is 0.923. The fraction of sp³-hybridized carbons (Fsp3) is 0.385. The zero-order valence-corrected chi connectivity index (χ0v) is 11.5. The fourth-order valence-electron chi connectivity index (χ4n) is 1.63. The van der Waals surface area contributed by atoms with Crippen LogP contribution in [0.4, 0.5) is 0 Å². The number of rotatable bonds is 3. The smallest absolute Gasteiger partial charge is 0.266 e. The number of thiophene rings is 1. The molecule has 0 spiro atoms. The lowest BCUT2D eigenvalue weighted by molar-refractivity contribution is 0.0562. The van der Waals surface area contributed by atoms with Gasteiger partial charge in [-0.25, -0.2) is 4.68 Å². The zero-order chi connectivity index (χ0) is 13.3. The van der Waals surface area contributed by atoms with Gasteiger partial charge in [0, 0.05) is 10.9 Å². The first-order valence-corrected chi connectivity index (χ1v) is 6.54. The standard InChI is InChI=1S/C13H16N2O2S/c1-9-4-6-11(18-9)10-5-7-12(16)15(14-10)8-13(2,3)17/h4-7,17H,8H2,1-3H3. The van der Waals surface area contributed by atoms with Gasteiger partial charge in [-0.3, -0.25) is 4.79 Å². The van der Waals surface area contributed by atoms with Gasteiger partial charge in [-0.15, -0.1) is 11.3 Å². The Balaban J connectivity index is 2.41. The Morgan fingerprint density at radius 3 is 2.61 bits per heavy atom. The van der Waals surface area contributed by atoms with Crippen LogP contribution in [-0.4, -0.2) is 20.5 Å². The maximum Gasteiger partial charge on any atom is 0.266 e. The van der Waals surface area contributed by atoms with E-state index in [9.17, 15) is 9.90 Å². The van der Waals surface area contributed by atoms with Gasteiger partial charge in [-0.1, -0.05) is 0 Å². The zero-order valence-electron chi connectivity index (χ0n) is 10.7. The molecule has 0 saturated carbocycles. The van der Waals surface area contributed by atoms with E-state index in [4.69, 9.17) is 0 Å². The van der Waals surface area contributed by atoms with E-state index in [1.165, 1.54) is 15.6 Å². The van der Waals surface area contributed by atoms with Crippen molar-refractivity contribution in [1.82, 2.24) is 9.78 Å². The molecule has 2 aromatic heterocycles. The van der Waals surface area contributed by atoms with Crippen LogP contribution in [0, 0.1) is 6.92 Å². The van der Waals surface area contributed by atoms with E-state index < -0.39 is 5.60 Å². The highest BCUT2D eigenvalue weighted by Crippen LogP contribution is 2.25. The molecule has 0 atom stereocenters. The summed E-state index contributed by atoms with van der Waals surface area (Å²) in [5.41, 5.74) is -0.396. The first-order valence-electron chi connectivity index (χ1n) is 5.72. The van der Waals surface area contributed by atoms with Crippen LogP contribution in [0.5, 0.6) is 0 Å². The Labute approximate surface area is 110 Å². The first kappa shape index (κ1) is 13.0. The van der Waals surface area contributed by atoms with Crippen molar-refractivity contribution in [1.29, 1.82) is 0 Å². The first-order chi connectivity index (χ1) is 8.35. The summed E-state index contributed by atoms with van der Waals surface area (Å²) < 4.78 is 1.31. The number of aliphatic hydroxyl groups is 1. The van der Waals surface area contributed by atoms with Crippen molar-refractivity contribution in [2.45, 2.75) is 32.9 Å². The van der Waals surface area contributed by atoms with Crippen LogP contribution in [-0.2, 0) is 6.54 Å². The average Bonchev–Trinajstić information content (AvgIpc) is 2.66. The third-order valence-electron chi connectivity index (χ3n) is 2.40. The number of hydrogen-bond acceptors (Lipinski definition) is 4. The molecule has 2 rings (SSSR count). The SMILES string of the molecule is Cc1ccc(-c2ccc(=O)n(CC(C)(C)O)n2)s1. The predicted molar refractivity (Wildman–Crippen MR) is 72.8 cm³/mol. The Kier molecular flexibility index (Phi) is 3.36. The van der Waals surface area contributed by atoms with Gasteiger partial charge in [0.05, 0.1) is 17.0 Å². The Morgan fingerprint density at radius 1 is 1.33 bits per heavy atom. The van der Waals surface area contributed by atoms with Crippen LogP contribution in [0.1, 0.15) is 18.7 Å². The second-order valence-corrected chi connectivity index (χ2v) is 6.23. The lowest BCUT2D eigenvalue weighted by Crippen LogP contribution is -2.34. The molecule has 0 radical (unpaired) electrons. The Hall–Kier alpha value is -1.46. The van der Waals surface area contributed by atoms with E-state index in [2.05, 4.69) is 5.10 Å². The van der Waals surface area contributed by atoms with Crippen molar-refractivity contribution in [2.24, 2.45) is 0 Å². The summed E-state index contributed by atoms with van der Waals surface area (Å²) in [6.07, 6.45) is 0. The topological polar surface area (TPSA) is 55.1 Å². The van der Waals surface area contributed by atoms with Crippen LogP contribution in [0.3, 0.4) is 0 Å². The highest BCUT2D eigenvalue weighted by Gasteiger charge is 2.15. The van der Waals surface area contributed by atoms with Crippen LogP contribution in [0.15, 0.2) is 29.1 Å². The number of aryl methyl sites for hydroxylation is 1. The highest BCUT2D eigenvalue weighted by atomic mass is 32.1. The molecule has 0 aliphatic heterocycles. The minimum absolute atomic E-state index is 0.185. The van der Waals surface area contributed by atoms with E-state index in [1.54, 1.807) is 31.3 Å². The Bertz CT molecular complexity index is 608. The third-order valence-corrected chi connectivity index (χ3v) is 3.42. The Morgan fingerprint density at radius 2 is 2.06 bits per heavy atom. The molecule has 2 heterocycles. The molecule has 0 amide bonds. The molecule has 4 nitrogen and oxygen atoms in total. The molecule has 96 valence electrons. The highest BCUT2D eigenvalue weighted by molar-refractivity contribution is 7.15. The summed E-state index contributed by atoms with van der Waals surface area (Å²) in [4.78, 5) is 13.9. The number of hydrogen-bond donors (Lipinski definition) is 1. The van der Waals surface area contributed by atoms with Crippen molar-refractivity contribution in [3.05, 3.63) is 39.5 Å². The average molecular weight is 264 g/mol. The second-order valence-electron chi connectivity index (χ2n) is 4.94. The maximum absolute atomic E-state index is 11.7. The molecule has 0 aliphatic carbocycles. The summed E-state index contributed by atoms with van der Waals surface area (Å²) in [7, 11) is 0. The summed E-state index contributed by atoms with van der Waals surface area (Å²) in [5.74, 6) is 0. The molecular formula is C13H16N2O2S. The van der Waals surface area contributed by atoms with Gasteiger partial charge in [0.2, 0.25) is 0 Å². The van der Waals surface area contributed by atoms with Crippen LogP contribution < -0.4 is 5.56 Å². The molecule has 0 unspecified atom stereocenters. The van der Waals surface area contributed by atoms with Gasteiger partial charge in [0.15, 0.2) is 0 Å². The lowest BCUT2D eigenvalue weighted by atomic mass is 10.1. The van der Waals surface area contributed by atoms with Gasteiger partial charge < -0.3 is 5.11 Å². The summed E-state index contributed by atoms with van der Waals surface area (Å²) in [6, 6.07) is 7.21. The van der Waals surface area contributed by atoms with E-state index in [0.29, 0.717) is 0 Å². The third kappa shape index (κ3) is 3.05. The van der Waals surface area contributed by atoms with Gasteiger partial charge in [-0.2, -0.15) is 5.10 Å². The minimum Gasteiger partial charge on any atom is -0.389 e. The lowest BCUT2D eigenvalue weighted by Gasteiger charge is -2.17. The van der Waals surface area contributed by atoms with Crippen molar-refractivity contribution in [2.75, 3.05) is 0 Å². The van der Waals surface area contributed by atoms with Gasteiger partial charge in [0.25, 0.3) is 5.56 Å². The van der Waals surface area contributed by atoms with E-state index in [0.717, 1.165) is 10.6 Å². The molecule has 18 heavy (non-hydrogen) atoms. The second kappa shape index (κ2) is 4.66. The van der Waals surface area contributed by atoms with Gasteiger partial charge >= 0.3 is 0 Å². The molecule has 2 aromatic rings. The van der Waals surface area contributed by atoms with Crippen molar-refractivity contribution in [3.63, 3.8) is 0 Å². The summed E-state index contributed by atoms with van der Waals surface area (Å²) in [6.45, 7) is 5.53. The molecule has 0 bridgehead atoms. The summed E-state index contributed by atoms with van der Waals surface area (Å²) in [5, 5.41) is 14.1. The molecule has 0 aromatic carbocycles. The van der Waals surface area contributed by atoms with Crippen LogP contribution >= 0.6 is 11.3 Å². The molecule has 0 aliphatic rings. The van der Waals surface area contributed by atoms with Crippen LogP contribution in [0.25, 0.3) is 10.6 Å². The number of nitrogens with zero attached hydrogens (tertiary/aromatic N) is 2. The maximum atomic E-state index is 11.7. The van der Waals surface area contributed by atoms with Gasteiger partial charge in [0.1, 0.15) is 5.69 Å². The molecule has 0 saturated heterocycles. The molecule has 0 fully saturated rings. The van der Waals surface area contributed by atoms with E-state index >= 15 is 0 Å². The van der Waals surface area contributed by atoms with E-state index in [1.807, 2.05) is 19.1 Å². The van der Waals surface area contributed by atoms with E-state index in [-0.39, 0.29) is 12.1 Å². The number of aromatic nitrogens is 2. The van der Waals surface area contributed by atoms with Crippen molar-refractivity contribution >= 4 is 11.3 Å². The fourth-order valence-corrected chi connectivity index (χ4v) is 2.46. The molecule has 1 N–H and O–H groups in total. The van der Waals surface area contributed by atoms with Crippen molar-refractivity contribution < 1.29 is 5.11 Å². The molecule has 5 heteroatoms. The van der Waals surface area contributed by atoms with Crippen molar-refractivity contribution in [3.8, 4) is 10.6 Å². The monoisotopic (exact) mass is 264 g/mol. The minimum atomic E-state index is -0.958.